The molecular formula is C27H25BClN5O. The van der Waals surface area contributed by atoms with E-state index in [0.717, 1.165) is 45.4 Å². The van der Waals surface area contributed by atoms with Crippen LogP contribution < -0.4 is 10.8 Å². The molecule has 2 aromatic heterocycles. The summed E-state index contributed by atoms with van der Waals surface area (Å²) < 4.78 is 1.81. The molecule has 2 heterocycles. The smallest absolute Gasteiger partial charge is 0.253 e. The quantitative estimate of drug-likeness (QED) is 0.282. The number of carbonyl (C=O) groups excluding carboxylic acids is 1. The third kappa shape index (κ3) is 4.72. The van der Waals surface area contributed by atoms with E-state index in [2.05, 4.69) is 10.4 Å². The van der Waals surface area contributed by atoms with E-state index >= 15 is 0 Å². The van der Waals surface area contributed by atoms with Crippen LogP contribution in [0.2, 0.25) is 5.02 Å². The highest BCUT2D eigenvalue weighted by Crippen LogP contribution is 2.28. The Morgan fingerprint density at radius 2 is 1.83 bits per heavy atom. The number of fused-ring (bicyclic) bond motifs is 2. The molecule has 0 bridgehead atoms. The first kappa shape index (κ1) is 22.9. The average molecular weight is 482 g/mol. The van der Waals surface area contributed by atoms with Crippen LogP contribution in [0, 0.1) is 0 Å². The summed E-state index contributed by atoms with van der Waals surface area (Å²) in [7, 11) is 3.83. The topological polar surface area (TPSA) is 62.5 Å². The zero-order chi connectivity index (χ0) is 24.4. The van der Waals surface area contributed by atoms with Crippen molar-refractivity contribution >= 4 is 53.1 Å². The molecule has 8 heteroatoms. The lowest BCUT2D eigenvalue weighted by Crippen LogP contribution is -2.29. The predicted octanol–water partition coefficient (Wildman–Crippen LogP) is 4.04. The number of carbonyl (C=O) groups is 1. The third-order valence-corrected chi connectivity index (χ3v) is 6.45. The monoisotopic (exact) mass is 481 g/mol. The molecule has 0 fully saturated rings. The van der Waals surface area contributed by atoms with Gasteiger partial charge in [0.15, 0.2) is 5.65 Å². The van der Waals surface area contributed by atoms with Crippen molar-refractivity contribution in [3.63, 3.8) is 0 Å². The van der Waals surface area contributed by atoms with Gasteiger partial charge in [-0.05, 0) is 40.9 Å². The average Bonchev–Trinajstić information content (AvgIpc) is 3.26. The summed E-state index contributed by atoms with van der Waals surface area (Å²) in [5.41, 5.74) is 4.14. The molecule has 174 valence electrons. The number of nitrogens with one attached hydrogen (secondary N) is 1. The van der Waals surface area contributed by atoms with E-state index in [1.165, 1.54) is 0 Å². The van der Waals surface area contributed by atoms with E-state index < -0.39 is 0 Å². The molecule has 35 heavy (non-hydrogen) atoms. The third-order valence-electron chi connectivity index (χ3n) is 6.12. The summed E-state index contributed by atoms with van der Waals surface area (Å²) in [6.45, 7) is 1.30. The van der Waals surface area contributed by atoms with Crippen LogP contribution >= 0.6 is 11.6 Å². The Kier molecular flexibility index (Phi) is 6.42. The zero-order valence-electron chi connectivity index (χ0n) is 19.7. The number of rotatable bonds is 7. The van der Waals surface area contributed by atoms with Gasteiger partial charge in [-0.1, -0.05) is 60.1 Å². The second kappa shape index (κ2) is 9.80. The lowest BCUT2D eigenvalue weighted by atomic mass is 10.0. The van der Waals surface area contributed by atoms with Gasteiger partial charge >= 0.3 is 0 Å². The number of anilines is 1. The normalized spacial score (nSPS) is 11.1. The molecule has 1 amide bonds. The van der Waals surface area contributed by atoms with E-state index in [9.17, 15) is 4.79 Å². The van der Waals surface area contributed by atoms with Crippen LogP contribution in [0.1, 0.15) is 16.8 Å². The Morgan fingerprint density at radius 1 is 1.06 bits per heavy atom. The highest BCUT2D eigenvalue weighted by atomic mass is 35.5. The molecule has 5 aromatic rings. The van der Waals surface area contributed by atoms with Gasteiger partial charge < -0.3 is 10.2 Å². The second-order valence-corrected chi connectivity index (χ2v) is 9.05. The summed E-state index contributed by atoms with van der Waals surface area (Å²) in [6.07, 6.45) is 2.58. The van der Waals surface area contributed by atoms with E-state index in [4.69, 9.17) is 16.6 Å². The molecule has 0 aliphatic rings. The number of halogens is 1. The van der Waals surface area contributed by atoms with Gasteiger partial charge in [-0.25, -0.2) is 4.98 Å². The number of amides is 1. The molecule has 0 aliphatic carbocycles. The van der Waals surface area contributed by atoms with Crippen molar-refractivity contribution in [3.05, 3.63) is 89.6 Å². The Balaban J connectivity index is 1.27. The maximum absolute atomic E-state index is 12.9. The van der Waals surface area contributed by atoms with Crippen LogP contribution in [0.5, 0.6) is 0 Å². The van der Waals surface area contributed by atoms with Crippen LogP contribution in [-0.2, 0) is 0 Å². The van der Waals surface area contributed by atoms with E-state index in [1.807, 2.05) is 87.7 Å². The van der Waals surface area contributed by atoms with Gasteiger partial charge in [-0.3, -0.25) is 4.79 Å². The first-order valence-corrected chi connectivity index (χ1v) is 12.0. The minimum absolute atomic E-state index is 0.0192. The number of nitrogens with zero attached hydrogens (tertiary/aromatic N) is 4. The molecule has 0 aliphatic heterocycles. The number of hydrogen-bond donors (Lipinski definition) is 1. The van der Waals surface area contributed by atoms with Crippen molar-refractivity contribution < 1.29 is 4.79 Å². The van der Waals surface area contributed by atoms with Crippen molar-refractivity contribution in [2.45, 2.75) is 6.42 Å². The molecule has 1 N–H and O–H groups in total. The Hall–Kier alpha value is -3.84. The summed E-state index contributed by atoms with van der Waals surface area (Å²) >= 11 is 6.43. The molecule has 0 saturated carbocycles. The zero-order valence-corrected chi connectivity index (χ0v) is 20.5. The molecule has 5 rings (SSSR count). The molecule has 0 radical (unpaired) electrons. The fraction of sp³-hybridized carbons (Fsp3) is 0.148. The first-order chi connectivity index (χ1) is 17.0. The molecule has 0 unspecified atom stereocenters. The van der Waals surface area contributed by atoms with Gasteiger partial charge in [0.2, 0.25) is 0 Å². The largest absolute Gasteiger partial charge is 0.370 e. The summed E-state index contributed by atoms with van der Waals surface area (Å²) in [6, 6.07) is 23.6. The second-order valence-electron chi connectivity index (χ2n) is 8.64. The van der Waals surface area contributed by atoms with Crippen LogP contribution in [0.15, 0.2) is 79.0 Å². The SMILES string of the molecule is Bc1cnn2c(NCCCN(C)C(=O)c3ccc4ccccc4c3)cc(-c3ccccc3Cl)nc12. The van der Waals surface area contributed by atoms with Crippen molar-refractivity contribution in [1.82, 2.24) is 19.5 Å². The van der Waals surface area contributed by atoms with Crippen LogP contribution in [0.4, 0.5) is 5.82 Å². The summed E-state index contributed by atoms with van der Waals surface area (Å²) in [5, 5.41) is 10.8. The van der Waals surface area contributed by atoms with Gasteiger partial charge in [0.05, 0.1) is 5.69 Å². The lowest BCUT2D eigenvalue weighted by molar-refractivity contribution is 0.0795. The van der Waals surface area contributed by atoms with E-state index in [-0.39, 0.29) is 5.91 Å². The van der Waals surface area contributed by atoms with Crippen molar-refractivity contribution in [2.75, 3.05) is 25.5 Å². The lowest BCUT2D eigenvalue weighted by Gasteiger charge is -2.18. The Morgan fingerprint density at radius 3 is 2.66 bits per heavy atom. The van der Waals surface area contributed by atoms with Crippen molar-refractivity contribution in [3.8, 4) is 11.3 Å². The molecule has 6 nitrogen and oxygen atoms in total. The van der Waals surface area contributed by atoms with Gasteiger partial charge in [0, 0.05) is 48.5 Å². The van der Waals surface area contributed by atoms with Gasteiger partial charge in [0.25, 0.3) is 5.91 Å². The summed E-state index contributed by atoms with van der Waals surface area (Å²) in [5.74, 6) is 0.854. The maximum Gasteiger partial charge on any atom is 0.253 e. The fourth-order valence-electron chi connectivity index (χ4n) is 4.18. The highest BCUT2D eigenvalue weighted by Gasteiger charge is 2.14. The first-order valence-electron chi connectivity index (χ1n) is 11.6. The molecular weight excluding hydrogens is 457 g/mol. The molecule has 0 atom stereocenters. The minimum atomic E-state index is 0.0192. The highest BCUT2D eigenvalue weighted by molar-refractivity contribution is 6.36. The van der Waals surface area contributed by atoms with Crippen molar-refractivity contribution in [2.24, 2.45) is 0 Å². The predicted molar refractivity (Wildman–Crippen MR) is 146 cm³/mol. The Labute approximate surface area is 210 Å². The molecule has 0 spiro atoms. The minimum Gasteiger partial charge on any atom is -0.370 e. The fourth-order valence-corrected chi connectivity index (χ4v) is 4.41. The number of benzene rings is 3. The van der Waals surface area contributed by atoms with E-state index in [1.54, 1.807) is 15.6 Å². The molecule has 3 aromatic carbocycles. The summed E-state index contributed by atoms with van der Waals surface area (Å²) in [4.78, 5) is 19.5. The van der Waals surface area contributed by atoms with E-state index in [0.29, 0.717) is 23.7 Å². The molecule has 0 saturated heterocycles. The van der Waals surface area contributed by atoms with Gasteiger partial charge in [0.1, 0.15) is 13.7 Å². The van der Waals surface area contributed by atoms with Crippen molar-refractivity contribution in [1.29, 1.82) is 0 Å². The van der Waals surface area contributed by atoms with Gasteiger partial charge in [-0.2, -0.15) is 9.61 Å². The van der Waals surface area contributed by atoms with Crippen LogP contribution in [-0.4, -0.2) is 53.4 Å². The number of hydrogen-bond acceptors (Lipinski definition) is 4. The standard InChI is InChI=1S/C27H25BClN5O/c1-33(27(35)20-12-11-18-7-2-3-8-19(18)15-20)14-6-13-30-25-16-24(21-9-4-5-10-23(21)29)32-26-22(28)17-31-34(25)26/h2-5,7-12,15-17,30H,6,13-14,28H2,1H3. The Bertz CT molecular complexity index is 1530. The maximum atomic E-state index is 12.9. The van der Waals surface area contributed by atoms with Gasteiger partial charge in [-0.15, -0.1) is 0 Å². The van der Waals surface area contributed by atoms with Crippen LogP contribution in [0.25, 0.3) is 27.7 Å². The van der Waals surface area contributed by atoms with Crippen LogP contribution in [0.3, 0.4) is 0 Å². The number of aromatic nitrogens is 3.